The van der Waals surface area contributed by atoms with Gasteiger partial charge in [-0.2, -0.15) is 5.26 Å². The molecule has 0 radical (unpaired) electrons. The summed E-state index contributed by atoms with van der Waals surface area (Å²) in [6.45, 7) is 2.32. The summed E-state index contributed by atoms with van der Waals surface area (Å²) in [5, 5.41) is 9.11. The van der Waals surface area contributed by atoms with Gasteiger partial charge in [0.2, 0.25) is 0 Å². The summed E-state index contributed by atoms with van der Waals surface area (Å²) in [7, 11) is 0. The lowest BCUT2D eigenvalue weighted by atomic mass is 9.65. The van der Waals surface area contributed by atoms with E-state index >= 15 is 0 Å². The smallest absolute Gasteiger partial charge is 0.0655 e. The first-order chi connectivity index (χ1) is 12.8. The molecule has 3 saturated carbocycles. The molecule has 3 fully saturated rings. The lowest BCUT2D eigenvalue weighted by Gasteiger charge is -2.41. The number of nitriles is 1. The van der Waals surface area contributed by atoms with Gasteiger partial charge in [-0.05, 0) is 93.8 Å². The molecule has 0 aromatic rings. The summed E-state index contributed by atoms with van der Waals surface area (Å²) >= 11 is 0. The van der Waals surface area contributed by atoms with E-state index in [-0.39, 0.29) is 0 Å². The van der Waals surface area contributed by atoms with E-state index < -0.39 is 0 Å². The Bertz CT molecular complexity index is 412. The van der Waals surface area contributed by atoms with Gasteiger partial charge in [0, 0.05) is 5.92 Å². The lowest BCUT2D eigenvalue weighted by molar-refractivity contribution is 0.107. The summed E-state index contributed by atoms with van der Waals surface area (Å²) in [5.74, 6) is 5.52. The fourth-order valence-electron chi connectivity index (χ4n) is 6.62. The third-order valence-corrected chi connectivity index (χ3v) is 8.46. The highest BCUT2D eigenvalue weighted by Gasteiger charge is 2.34. The molecule has 0 aliphatic heterocycles. The first kappa shape index (κ1) is 20.2. The van der Waals surface area contributed by atoms with Crippen molar-refractivity contribution in [2.24, 2.45) is 35.5 Å². The number of hydrogen-bond acceptors (Lipinski definition) is 1. The fraction of sp³-hybridized carbons (Fsp3) is 0.960. The van der Waals surface area contributed by atoms with Crippen molar-refractivity contribution in [3.63, 3.8) is 0 Å². The van der Waals surface area contributed by atoms with Crippen LogP contribution in [0.1, 0.15) is 116 Å². The van der Waals surface area contributed by atoms with Gasteiger partial charge in [0.05, 0.1) is 6.07 Å². The molecule has 0 spiro atoms. The molecule has 148 valence electrons. The van der Waals surface area contributed by atoms with Crippen molar-refractivity contribution in [3.05, 3.63) is 0 Å². The summed E-state index contributed by atoms with van der Waals surface area (Å²) < 4.78 is 0. The standard InChI is InChI=1S/C25H43N/c1-2-3-4-5-6-20-7-11-22(12-8-20)24-15-17-25(18-16-24)23-13-9-21(19-26)10-14-23/h20-25H,2-18H2,1H3/t20-,21-,22-,23+,24-,25-. The maximum absolute atomic E-state index is 9.11. The van der Waals surface area contributed by atoms with Crippen molar-refractivity contribution in [3.8, 4) is 6.07 Å². The molecule has 3 aliphatic carbocycles. The van der Waals surface area contributed by atoms with Crippen molar-refractivity contribution < 1.29 is 0 Å². The molecule has 0 heterocycles. The summed E-state index contributed by atoms with van der Waals surface area (Å²) in [6, 6.07) is 2.50. The molecule has 0 amide bonds. The molecule has 0 saturated heterocycles. The number of nitrogens with zero attached hydrogens (tertiary/aromatic N) is 1. The van der Waals surface area contributed by atoms with Crippen LogP contribution in [0.4, 0.5) is 0 Å². The monoisotopic (exact) mass is 357 g/mol. The van der Waals surface area contributed by atoms with Crippen LogP contribution in [0.3, 0.4) is 0 Å². The largest absolute Gasteiger partial charge is 0.198 e. The average molecular weight is 358 g/mol. The van der Waals surface area contributed by atoms with Gasteiger partial charge in [0.1, 0.15) is 0 Å². The molecule has 0 bridgehead atoms. The second-order valence-electron chi connectivity index (χ2n) is 10.0. The Morgan fingerprint density at radius 1 is 0.615 bits per heavy atom. The van der Waals surface area contributed by atoms with Gasteiger partial charge in [-0.1, -0.05) is 51.9 Å². The Labute approximate surface area is 163 Å². The van der Waals surface area contributed by atoms with Crippen LogP contribution in [0.25, 0.3) is 0 Å². The van der Waals surface area contributed by atoms with Crippen molar-refractivity contribution in [2.75, 3.05) is 0 Å². The maximum Gasteiger partial charge on any atom is 0.0655 e. The molecule has 0 N–H and O–H groups in total. The van der Waals surface area contributed by atoms with Gasteiger partial charge in [0.25, 0.3) is 0 Å². The van der Waals surface area contributed by atoms with Gasteiger partial charge in [-0.3, -0.25) is 0 Å². The van der Waals surface area contributed by atoms with Crippen LogP contribution >= 0.6 is 0 Å². The second-order valence-corrected chi connectivity index (χ2v) is 10.0. The van der Waals surface area contributed by atoms with E-state index in [4.69, 9.17) is 5.26 Å². The maximum atomic E-state index is 9.11. The van der Waals surface area contributed by atoms with Gasteiger partial charge >= 0.3 is 0 Å². The average Bonchev–Trinajstić information content (AvgIpc) is 2.72. The Morgan fingerprint density at radius 3 is 1.54 bits per heavy atom. The van der Waals surface area contributed by atoms with E-state index in [1.807, 2.05) is 0 Å². The molecule has 3 rings (SSSR count). The quantitative estimate of drug-likeness (QED) is 0.425. The minimum atomic E-state index is 0.375. The highest BCUT2D eigenvalue weighted by molar-refractivity contribution is 4.90. The highest BCUT2D eigenvalue weighted by atomic mass is 14.4. The Hall–Kier alpha value is -0.510. The van der Waals surface area contributed by atoms with Gasteiger partial charge in [-0.15, -0.1) is 0 Å². The fourth-order valence-corrected chi connectivity index (χ4v) is 6.62. The molecule has 1 nitrogen and oxygen atoms in total. The van der Waals surface area contributed by atoms with E-state index in [0.717, 1.165) is 29.6 Å². The summed E-state index contributed by atoms with van der Waals surface area (Å²) in [4.78, 5) is 0. The van der Waals surface area contributed by atoms with Crippen LogP contribution < -0.4 is 0 Å². The van der Waals surface area contributed by atoms with Crippen molar-refractivity contribution in [2.45, 2.75) is 116 Å². The minimum absolute atomic E-state index is 0.375. The van der Waals surface area contributed by atoms with E-state index in [9.17, 15) is 0 Å². The predicted octanol–water partition coefficient (Wildman–Crippen LogP) is 7.90. The molecular weight excluding hydrogens is 314 g/mol. The molecule has 0 atom stereocenters. The molecular formula is C25H43N. The summed E-state index contributed by atoms with van der Waals surface area (Å²) in [6.07, 6.45) is 24.6. The predicted molar refractivity (Wildman–Crippen MR) is 111 cm³/mol. The topological polar surface area (TPSA) is 23.8 Å². The van der Waals surface area contributed by atoms with E-state index in [1.54, 1.807) is 12.8 Å². The van der Waals surface area contributed by atoms with Crippen LogP contribution in [0.5, 0.6) is 0 Å². The molecule has 0 aromatic carbocycles. The van der Waals surface area contributed by atoms with Crippen LogP contribution in [0, 0.1) is 46.8 Å². The SMILES string of the molecule is CCCCCC[C@H]1CC[C@H]([C@H]2CC[C@H]([C@H]3CC[C@@H](C#N)CC3)CC2)CC1. The minimum Gasteiger partial charge on any atom is -0.198 e. The van der Waals surface area contributed by atoms with Crippen LogP contribution in [0.15, 0.2) is 0 Å². The normalized spacial score (nSPS) is 38.6. The molecule has 26 heavy (non-hydrogen) atoms. The van der Waals surface area contributed by atoms with Gasteiger partial charge in [-0.25, -0.2) is 0 Å². The Balaban J connectivity index is 1.31. The molecule has 1 heteroatoms. The Kier molecular flexibility index (Phi) is 8.35. The number of hydrogen-bond donors (Lipinski definition) is 0. The summed E-state index contributed by atoms with van der Waals surface area (Å²) in [5.41, 5.74) is 0. The zero-order valence-electron chi connectivity index (χ0n) is 17.4. The Morgan fingerprint density at radius 2 is 1.08 bits per heavy atom. The lowest BCUT2D eigenvalue weighted by Crippen LogP contribution is -2.29. The number of unbranched alkanes of at least 4 members (excludes halogenated alkanes) is 3. The van der Waals surface area contributed by atoms with E-state index in [0.29, 0.717) is 5.92 Å². The van der Waals surface area contributed by atoms with Crippen molar-refractivity contribution in [1.82, 2.24) is 0 Å². The van der Waals surface area contributed by atoms with Crippen LogP contribution in [-0.2, 0) is 0 Å². The zero-order chi connectivity index (χ0) is 18.2. The van der Waals surface area contributed by atoms with E-state index in [2.05, 4.69) is 13.0 Å². The van der Waals surface area contributed by atoms with Crippen molar-refractivity contribution >= 4 is 0 Å². The molecule has 0 aromatic heterocycles. The molecule has 3 aliphatic rings. The van der Waals surface area contributed by atoms with E-state index in [1.165, 1.54) is 96.3 Å². The van der Waals surface area contributed by atoms with Crippen LogP contribution in [-0.4, -0.2) is 0 Å². The first-order valence-electron chi connectivity index (χ1n) is 12.2. The zero-order valence-corrected chi connectivity index (χ0v) is 17.4. The first-order valence-corrected chi connectivity index (χ1v) is 12.2. The highest BCUT2D eigenvalue weighted by Crippen LogP contribution is 2.46. The number of rotatable bonds is 7. The third-order valence-electron chi connectivity index (χ3n) is 8.46. The second kappa shape index (κ2) is 10.7. The third kappa shape index (κ3) is 5.74. The van der Waals surface area contributed by atoms with Crippen molar-refractivity contribution in [1.29, 1.82) is 5.26 Å². The van der Waals surface area contributed by atoms with Crippen LogP contribution in [0.2, 0.25) is 0 Å². The van der Waals surface area contributed by atoms with Gasteiger partial charge in [0.15, 0.2) is 0 Å². The van der Waals surface area contributed by atoms with Gasteiger partial charge < -0.3 is 0 Å². The molecule has 0 unspecified atom stereocenters.